The van der Waals surface area contributed by atoms with Crippen LogP contribution >= 0.6 is 0 Å². The highest BCUT2D eigenvalue weighted by Gasteiger charge is 2.39. The molecule has 7 heteroatoms. The zero-order valence-electron chi connectivity index (χ0n) is 20.0. The highest BCUT2D eigenvalue weighted by atomic mass is 16.5. The molecular formula is C28H30N6O. The van der Waals surface area contributed by atoms with Gasteiger partial charge in [-0.2, -0.15) is 5.26 Å². The third kappa shape index (κ3) is 3.43. The summed E-state index contributed by atoms with van der Waals surface area (Å²) in [7, 11) is 0. The van der Waals surface area contributed by atoms with Crippen molar-refractivity contribution in [1.29, 1.82) is 5.26 Å². The fraction of sp³-hybridized carbons (Fsp3) is 0.429. The number of hydrogen-bond acceptors (Lipinski definition) is 7. The minimum absolute atomic E-state index is 0.295. The number of aromatic nitrogens is 1. The lowest BCUT2D eigenvalue weighted by molar-refractivity contribution is 0.0892. The SMILES string of the molecule is C[C@@H]1CN(c2ccc(C#N)c3ncccc23)C[C@@H]2COc3cc(N4CC5CC4CN5)ccc3CN21. The van der Waals surface area contributed by atoms with Gasteiger partial charge in [-0.05, 0) is 43.7 Å². The topological polar surface area (TPSA) is 67.7 Å². The average molecular weight is 467 g/mol. The Kier molecular flexibility index (Phi) is 4.86. The molecule has 3 fully saturated rings. The van der Waals surface area contributed by atoms with Gasteiger partial charge in [0.05, 0.1) is 17.1 Å². The average Bonchev–Trinajstić information content (AvgIpc) is 3.47. The number of nitrogens with one attached hydrogen (secondary N) is 1. The summed E-state index contributed by atoms with van der Waals surface area (Å²) in [6, 6.07) is 19.1. The maximum absolute atomic E-state index is 9.54. The van der Waals surface area contributed by atoms with Gasteiger partial charge in [-0.25, -0.2) is 0 Å². The van der Waals surface area contributed by atoms with Crippen molar-refractivity contribution in [2.24, 2.45) is 0 Å². The molecule has 2 aromatic carbocycles. The number of ether oxygens (including phenoxy) is 1. The van der Waals surface area contributed by atoms with Crippen molar-refractivity contribution in [3.8, 4) is 11.8 Å². The van der Waals surface area contributed by atoms with Crippen LogP contribution in [0.4, 0.5) is 11.4 Å². The number of piperazine rings is 2. The third-order valence-electron chi connectivity index (χ3n) is 8.38. The molecule has 35 heavy (non-hydrogen) atoms. The Morgan fingerprint density at radius 1 is 1.11 bits per heavy atom. The van der Waals surface area contributed by atoms with E-state index in [1.165, 1.54) is 17.7 Å². The zero-order chi connectivity index (χ0) is 23.5. The van der Waals surface area contributed by atoms with Crippen LogP contribution in [0.5, 0.6) is 5.75 Å². The molecule has 178 valence electrons. The largest absolute Gasteiger partial charge is 0.491 e. The Labute approximate surface area is 205 Å². The Hall–Kier alpha value is -3.34. The van der Waals surface area contributed by atoms with E-state index in [0.717, 1.165) is 55.1 Å². The quantitative estimate of drug-likeness (QED) is 0.622. The molecule has 1 aromatic heterocycles. The molecule has 0 radical (unpaired) electrons. The summed E-state index contributed by atoms with van der Waals surface area (Å²) in [6.07, 6.45) is 3.02. The number of anilines is 2. The van der Waals surface area contributed by atoms with Crippen LogP contribution in [0.1, 0.15) is 24.5 Å². The van der Waals surface area contributed by atoms with Gasteiger partial charge in [0.15, 0.2) is 0 Å². The van der Waals surface area contributed by atoms with Crippen molar-refractivity contribution in [2.45, 2.75) is 44.1 Å². The van der Waals surface area contributed by atoms with Crippen molar-refractivity contribution < 1.29 is 4.74 Å². The summed E-state index contributed by atoms with van der Waals surface area (Å²) in [6.45, 7) is 7.92. The third-order valence-corrected chi connectivity index (χ3v) is 8.38. The number of nitrogens with zero attached hydrogens (tertiary/aromatic N) is 5. The second-order valence-electron chi connectivity index (χ2n) is 10.5. The molecule has 1 N–H and O–H groups in total. The molecule has 7 rings (SSSR count). The van der Waals surface area contributed by atoms with E-state index >= 15 is 0 Å². The van der Waals surface area contributed by atoms with Crippen LogP contribution in [0.3, 0.4) is 0 Å². The molecule has 3 aromatic rings. The van der Waals surface area contributed by atoms with E-state index in [9.17, 15) is 5.26 Å². The van der Waals surface area contributed by atoms with Crippen LogP contribution in [0.25, 0.3) is 10.9 Å². The molecule has 3 saturated heterocycles. The van der Waals surface area contributed by atoms with Crippen LogP contribution in [-0.2, 0) is 6.54 Å². The molecule has 0 aliphatic carbocycles. The van der Waals surface area contributed by atoms with Crippen molar-refractivity contribution in [3.05, 3.63) is 59.8 Å². The van der Waals surface area contributed by atoms with Gasteiger partial charge in [-0.3, -0.25) is 9.88 Å². The molecule has 0 amide bonds. The number of benzene rings is 2. The number of pyridine rings is 1. The van der Waals surface area contributed by atoms with Crippen LogP contribution in [0, 0.1) is 11.3 Å². The first-order valence-electron chi connectivity index (χ1n) is 12.7. The Morgan fingerprint density at radius 2 is 2.06 bits per heavy atom. The van der Waals surface area contributed by atoms with Gasteiger partial charge in [0.1, 0.15) is 18.4 Å². The second kappa shape index (κ2) is 8.11. The van der Waals surface area contributed by atoms with Crippen molar-refractivity contribution >= 4 is 22.3 Å². The molecule has 5 heterocycles. The van der Waals surface area contributed by atoms with E-state index in [0.29, 0.717) is 36.3 Å². The molecule has 0 saturated carbocycles. The summed E-state index contributed by atoms with van der Waals surface area (Å²) >= 11 is 0. The van der Waals surface area contributed by atoms with Crippen LogP contribution < -0.4 is 19.9 Å². The molecule has 2 unspecified atom stereocenters. The maximum atomic E-state index is 9.54. The molecule has 2 bridgehead atoms. The summed E-state index contributed by atoms with van der Waals surface area (Å²) in [5, 5.41) is 14.2. The summed E-state index contributed by atoms with van der Waals surface area (Å²) in [5.41, 5.74) is 5.14. The maximum Gasteiger partial charge on any atom is 0.125 e. The summed E-state index contributed by atoms with van der Waals surface area (Å²) < 4.78 is 6.49. The van der Waals surface area contributed by atoms with Gasteiger partial charge in [0, 0.05) is 85.4 Å². The Morgan fingerprint density at radius 3 is 2.89 bits per heavy atom. The fourth-order valence-corrected chi connectivity index (χ4v) is 6.62. The minimum atomic E-state index is 0.295. The van der Waals surface area contributed by atoms with E-state index in [-0.39, 0.29) is 0 Å². The van der Waals surface area contributed by atoms with E-state index in [4.69, 9.17) is 4.74 Å². The summed E-state index contributed by atoms with van der Waals surface area (Å²) in [5.74, 6) is 1.04. The van der Waals surface area contributed by atoms with E-state index in [1.807, 2.05) is 12.1 Å². The van der Waals surface area contributed by atoms with Crippen LogP contribution in [0.15, 0.2) is 48.7 Å². The molecule has 7 nitrogen and oxygen atoms in total. The first-order chi connectivity index (χ1) is 17.2. The number of nitriles is 1. The number of rotatable bonds is 2. The van der Waals surface area contributed by atoms with E-state index < -0.39 is 0 Å². The predicted octanol–water partition coefficient (Wildman–Crippen LogP) is 3.13. The highest BCUT2D eigenvalue weighted by molar-refractivity contribution is 5.95. The standard InChI is InChI=1S/C28H30N6O/c1-18-13-32(26-7-5-19(11-29)28-25(26)3-2-8-30-28)16-24-17-35-27-10-22(6-4-20(27)14-33(18)24)34-15-21-9-23(34)12-31-21/h2-8,10,18,21,23-24,31H,9,12-17H2,1H3/t18-,21?,23?,24-/m1/s1. The van der Waals surface area contributed by atoms with E-state index in [2.05, 4.69) is 68.3 Å². The Balaban J connectivity index is 1.15. The van der Waals surface area contributed by atoms with Gasteiger partial charge in [0.2, 0.25) is 0 Å². The molecule has 4 atom stereocenters. The number of fused-ring (bicyclic) bond motifs is 5. The van der Waals surface area contributed by atoms with Crippen LogP contribution in [0.2, 0.25) is 0 Å². The van der Waals surface area contributed by atoms with E-state index in [1.54, 1.807) is 6.20 Å². The van der Waals surface area contributed by atoms with Gasteiger partial charge >= 0.3 is 0 Å². The van der Waals surface area contributed by atoms with Gasteiger partial charge in [-0.1, -0.05) is 6.07 Å². The van der Waals surface area contributed by atoms with Gasteiger partial charge in [0.25, 0.3) is 0 Å². The molecule has 4 aliphatic heterocycles. The molecular weight excluding hydrogens is 436 g/mol. The minimum Gasteiger partial charge on any atom is -0.491 e. The van der Waals surface area contributed by atoms with Gasteiger partial charge in [-0.15, -0.1) is 0 Å². The number of hydrogen-bond donors (Lipinski definition) is 1. The first-order valence-corrected chi connectivity index (χ1v) is 12.7. The molecule has 0 spiro atoms. The van der Waals surface area contributed by atoms with Crippen LogP contribution in [-0.4, -0.2) is 66.8 Å². The van der Waals surface area contributed by atoms with Crippen molar-refractivity contribution in [1.82, 2.24) is 15.2 Å². The predicted molar refractivity (Wildman–Crippen MR) is 137 cm³/mol. The van der Waals surface area contributed by atoms with Gasteiger partial charge < -0.3 is 19.9 Å². The highest BCUT2D eigenvalue weighted by Crippen LogP contribution is 2.37. The normalized spacial score (nSPS) is 27.8. The monoisotopic (exact) mass is 466 g/mol. The lowest BCUT2D eigenvalue weighted by atomic mass is 10.0. The Bertz CT molecular complexity index is 1330. The fourth-order valence-electron chi connectivity index (χ4n) is 6.62. The molecule has 4 aliphatic rings. The lowest BCUT2D eigenvalue weighted by Crippen LogP contribution is -2.58. The van der Waals surface area contributed by atoms with Crippen molar-refractivity contribution in [3.63, 3.8) is 0 Å². The van der Waals surface area contributed by atoms with Crippen molar-refractivity contribution in [2.75, 3.05) is 42.6 Å². The first kappa shape index (κ1) is 21.0. The lowest BCUT2D eigenvalue weighted by Gasteiger charge is -2.45. The second-order valence-corrected chi connectivity index (χ2v) is 10.5. The zero-order valence-corrected chi connectivity index (χ0v) is 20.0. The summed E-state index contributed by atoms with van der Waals surface area (Å²) in [4.78, 5) is 12.1. The smallest absolute Gasteiger partial charge is 0.125 e.